The number of hydrogen-bond acceptors (Lipinski definition) is 3. The molecular formula is C19H21F3N2O. The smallest absolute Gasteiger partial charge is 0.385 e. The van der Waals surface area contributed by atoms with Gasteiger partial charge in [-0.25, -0.2) is 0 Å². The highest BCUT2D eigenvalue weighted by Crippen LogP contribution is 2.40. The maximum atomic E-state index is 12.8. The summed E-state index contributed by atoms with van der Waals surface area (Å²) < 4.78 is 38.3. The highest BCUT2D eigenvalue weighted by atomic mass is 19.4. The number of nitrogens with zero attached hydrogens (tertiary/aromatic N) is 1. The third-order valence-electron chi connectivity index (χ3n) is 4.69. The molecule has 0 aliphatic carbocycles. The van der Waals surface area contributed by atoms with Crippen molar-refractivity contribution >= 4 is 0 Å². The first kappa shape index (κ1) is 17.9. The van der Waals surface area contributed by atoms with Gasteiger partial charge in [-0.15, -0.1) is 0 Å². The van der Waals surface area contributed by atoms with Gasteiger partial charge in [-0.2, -0.15) is 13.2 Å². The van der Waals surface area contributed by atoms with Crippen molar-refractivity contribution in [1.82, 2.24) is 10.3 Å². The molecular weight excluding hydrogens is 329 g/mol. The van der Waals surface area contributed by atoms with E-state index in [-0.39, 0.29) is 12.1 Å². The number of pyridine rings is 1. The SMILES string of the molecule is Cc1cccc([C@@H]2CC(O)(c3ccc(C(F)(F)F)cc3)CC(C)N2)n1. The molecule has 1 aromatic carbocycles. The molecule has 6 heteroatoms. The minimum atomic E-state index is -4.38. The molecule has 134 valence electrons. The molecule has 2 N–H and O–H groups in total. The van der Waals surface area contributed by atoms with Crippen LogP contribution in [0, 0.1) is 6.92 Å². The van der Waals surface area contributed by atoms with Gasteiger partial charge in [-0.05, 0) is 50.1 Å². The van der Waals surface area contributed by atoms with Gasteiger partial charge in [0.15, 0.2) is 0 Å². The number of hydrogen-bond donors (Lipinski definition) is 2. The number of benzene rings is 1. The average Bonchev–Trinajstić information content (AvgIpc) is 2.53. The van der Waals surface area contributed by atoms with Crippen molar-refractivity contribution in [2.45, 2.75) is 50.6 Å². The number of aryl methyl sites for hydroxylation is 1. The summed E-state index contributed by atoms with van der Waals surface area (Å²) in [6.07, 6.45) is -3.59. The fourth-order valence-electron chi connectivity index (χ4n) is 3.54. The summed E-state index contributed by atoms with van der Waals surface area (Å²) in [6.45, 7) is 3.86. The topological polar surface area (TPSA) is 45.1 Å². The molecule has 1 saturated heterocycles. The number of halogens is 3. The number of alkyl halides is 3. The molecule has 0 bridgehead atoms. The molecule has 2 unspecified atom stereocenters. The lowest BCUT2D eigenvalue weighted by Crippen LogP contribution is -2.47. The van der Waals surface area contributed by atoms with Gasteiger partial charge in [-0.1, -0.05) is 18.2 Å². The van der Waals surface area contributed by atoms with E-state index in [9.17, 15) is 18.3 Å². The molecule has 3 rings (SSSR count). The van der Waals surface area contributed by atoms with Crippen LogP contribution in [-0.4, -0.2) is 16.1 Å². The maximum absolute atomic E-state index is 12.8. The van der Waals surface area contributed by atoms with E-state index in [1.54, 1.807) is 0 Å². The number of aromatic nitrogens is 1. The van der Waals surface area contributed by atoms with Crippen molar-refractivity contribution in [2.75, 3.05) is 0 Å². The summed E-state index contributed by atoms with van der Waals surface area (Å²) in [5, 5.41) is 14.6. The summed E-state index contributed by atoms with van der Waals surface area (Å²) in [4.78, 5) is 4.51. The minimum Gasteiger partial charge on any atom is -0.385 e. The maximum Gasteiger partial charge on any atom is 0.416 e. The predicted molar refractivity (Wildman–Crippen MR) is 88.9 cm³/mol. The first-order valence-electron chi connectivity index (χ1n) is 8.27. The second-order valence-electron chi connectivity index (χ2n) is 6.84. The van der Waals surface area contributed by atoms with Gasteiger partial charge in [0, 0.05) is 18.2 Å². The molecule has 1 aliphatic rings. The van der Waals surface area contributed by atoms with Gasteiger partial charge in [0.2, 0.25) is 0 Å². The van der Waals surface area contributed by atoms with Gasteiger partial charge >= 0.3 is 6.18 Å². The molecule has 1 aliphatic heterocycles. The molecule has 3 atom stereocenters. The molecule has 2 aromatic rings. The van der Waals surface area contributed by atoms with Gasteiger partial charge in [0.25, 0.3) is 0 Å². The summed E-state index contributed by atoms with van der Waals surface area (Å²) in [6, 6.07) is 10.4. The first-order chi connectivity index (χ1) is 11.7. The molecule has 2 heterocycles. The lowest BCUT2D eigenvalue weighted by Gasteiger charge is -2.41. The van der Waals surface area contributed by atoms with Crippen molar-refractivity contribution in [3.8, 4) is 0 Å². The van der Waals surface area contributed by atoms with Crippen LogP contribution in [0.5, 0.6) is 0 Å². The van der Waals surface area contributed by atoms with Crippen molar-refractivity contribution in [3.63, 3.8) is 0 Å². The number of nitrogens with one attached hydrogen (secondary N) is 1. The Morgan fingerprint density at radius 2 is 1.80 bits per heavy atom. The lowest BCUT2D eigenvalue weighted by atomic mass is 9.78. The third kappa shape index (κ3) is 3.85. The molecule has 25 heavy (non-hydrogen) atoms. The monoisotopic (exact) mass is 350 g/mol. The van der Waals surface area contributed by atoms with Crippen LogP contribution < -0.4 is 5.32 Å². The highest BCUT2D eigenvalue weighted by Gasteiger charge is 2.40. The summed E-state index contributed by atoms with van der Waals surface area (Å²) in [5.41, 5.74) is 0.322. The molecule has 3 nitrogen and oxygen atoms in total. The summed E-state index contributed by atoms with van der Waals surface area (Å²) in [7, 11) is 0. The first-order valence-corrected chi connectivity index (χ1v) is 8.27. The molecule has 1 fully saturated rings. The minimum absolute atomic E-state index is 0.00774. The van der Waals surface area contributed by atoms with E-state index in [0.29, 0.717) is 18.4 Å². The predicted octanol–water partition coefficient (Wildman–Crippen LogP) is 4.11. The van der Waals surface area contributed by atoms with E-state index in [1.807, 2.05) is 32.0 Å². The standard InChI is InChI=1S/C19H21F3N2O/c1-12-4-3-5-16(23-12)17-11-18(25,10-13(2)24-17)14-6-8-15(9-7-14)19(20,21)22/h3-9,13,17,24-25H,10-11H2,1-2H3/t13?,17-,18?/m0/s1. The van der Waals surface area contributed by atoms with Crippen LogP contribution >= 0.6 is 0 Å². The molecule has 0 amide bonds. The van der Waals surface area contributed by atoms with E-state index in [2.05, 4.69) is 10.3 Å². The van der Waals surface area contributed by atoms with Crippen LogP contribution in [0.1, 0.15) is 48.3 Å². The quantitative estimate of drug-likeness (QED) is 0.857. The molecule has 0 radical (unpaired) electrons. The largest absolute Gasteiger partial charge is 0.416 e. The van der Waals surface area contributed by atoms with Crippen LogP contribution in [-0.2, 0) is 11.8 Å². The van der Waals surface area contributed by atoms with Crippen molar-refractivity contribution in [2.24, 2.45) is 0 Å². The highest BCUT2D eigenvalue weighted by molar-refractivity contribution is 5.30. The Morgan fingerprint density at radius 3 is 2.40 bits per heavy atom. The van der Waals surface area contributed by atoms with E-state index in [4.69, 9.17) is 0 Å². The van der Waals surface area contributed by atoms with Crippen LogP contribution in [0.15, 0.2) is 42.5 Å². The Balaban J connectivity index is 1.89. The molecule has 1 aromatic heterocycles. The van der Waals surface area contributed by atoms with Crippen LogP contribution in [0.2, 0.25) is 0 Å². The Morgan fingerprint density at radius 1 is 1.12 bits per heavy atom. The van der Waals surface area contributed by atoms with Gasteiger partial charge < -0.3 is 10.4 Å². The second-order valence-corrected chi connectivity index (χ2v) is 6.84. The normalized spacial score (nSPS) is 27.3. The van der Waals surface area contributed by atoms with Gasteiger partial charge in [0.1, 0.15) is 0 Å². The van der Waals surface area contributed by atoms with Crippen molar-refractivity contribution in [3.05, 3.63) is 65.0 Å². The van der Waals surface area contributed by atoms with E-state index >= 15 is 0 Å². The Hall–Kier alpha value is -1.92. The second kappa shape index (κ2) is 6.42. The van der Waals surface area contributed by atoms with Crippen LogP contribution in [0.4, 0.5) is 13.2 Å². The summed E-state index contributed by atoms with van der Waals surface area (Å²) >= 11 is 0. The Bertz CT molecular complexity index is 745. The zero-order chi connectivity index (χ0) is 18.2. The van der Waals surface area contributed by atoms with E-state index in [0.717, 1.165) is 23.5 Å². The molecule has 0 saturated carbocycles. The van der Waals surface area contributed by atoms with Crippen molar-refractivity contribution < 1.29 is 18.3 Å². The molecule has 0 spiro atoms. The zero-order valence-corrected chi connectivity index (χ0v) is 14.1. The third-order valence-corrected chi connectivity index (χ3v) is 4.69. The van der Waals surface area contributed by atoms with Crippen LogP contribution in [0.3, 0.4) is 0 Å². The van der Waals surface area contributed by atoms with Gasteiger partial charge in [-0.3, -0.25) is 4.98 Å². The van der Waals surface area contributed by atoms with Crippen molar-refractivity contribution in [1.29, 1.82) is 0 Å². The lowest BCUT2D eigenvalue weighted by molar-refractivity contribution is -0.137. The fourth-order valence-corrected chi connectivity index (χ4v) is 3.54. The zero-order valence-electron chi connectivity index (χ0n) is 14.1. The summed E-state index contributed by atoms with van der Waals surface area (Å²) in [5.74, 6) is 0. The van der Waals surface area contributed by atoms with E-state index < -0.39 is 17.3 Å². The Kier molecular flexibility index (Phi) is 4.60. The van der Waals surface area contributed by atoms with Gasteiger partial charge in [0.05, 0.1) is 22.9 Å². The van der Waals surface area contributed by atoms with E-state index in [1.165, 1.54) is 12.1 Å². The number of piperidine rings is 1. The number of rotatable bonds is 2. The fraction of sp³-hybridized carbons (Fsp3) is 0.421. The number of aliphatic hydroxyl groups is 1. The Labute approximate surface area is 144 Å². The van der Waals surface area contributed by atoms with Crippen LogP contribution in [0.25, 0.3) is 0 Å². The average molecular weight is 350 g/mol.